The summed E-state index contributed by atoms with van der Waals surface area (Å²) in [5, 5.41) is 3.18. The Bertz CT molecular complexity index is 670. The van der Waals surface area contributed by atoms with E-state index >= 15 is 0 Å². The number of likely N-dealkylation sites (N-methyl/N-ethyl adjacent to an activating group) is 1. The second-order valence-electron chi connectivity index (χ2n) is 7.89. The fourth-order valence-corrected chi connectivity index (χ4v) is 3.21. The van der Waals surface area contributed by atoms with Crippen LogP contribution in [0.4, 0.5) is 4.39 Å². The smallest absolute Gasteiger partial charge is 0.399 e. The first-order chi connectivity index (χ1) is 11.6. The Morgan fingerprint density at radius 3 is 2.38 bits per heavy atom. The van der Waals surface area contributed by atoms with E-state index in [2.05, 4.69) is 5.32 Å². The summed E-state index contributed by atoms with van der Waals surface area (Å²) in [5.41, 5.74) is -0.153. The summed E-state index contributed by atoms with van der Waals surface area (Å²) >= 11 is 0. The second kappa shape index (κ2) is 7.47. The molecule has 2 heterocycles. The largest absolute Gasteiger partial charge is 0.494 e. The highest BCUT2D eigenvalue weighted by Gasteiger charge is 2.51. The van der Waals surface area contributed by atoms with Gasteiger partial charge in [-0.05, 0) is 64.8 Å². The molecule has 3 rings (SSSR count). The zero-order valence-electron chi connectivity index (χ0n) is 16.0. The van der Waals surface area contributed by atoms with Gasteiger partial charge in [0.2, 0.25) is 0 Å². The van der Waals surface area contributed by atoms with Crippen LogP contribution >= 0.6 is 12.4 Å². The van der Waals surface area contributed by atoms with Crippen LogP contribution in [0, 0.1) is 5.82 Å². The number of hydrogen-bond acceptors (Lipinski definition) is 4. The molecule has 1 aromatic carbocycles. The van der Waals surface area contributed by atoms with Crippen molar-refractivity contribution in [3.8, 4) is 0 Å². The van der Waals surface area contributed by atoms with Crippen molar-refractivity contribution in [2.45, 2.75) is 51.4 Å². The number of amides is 1. The zero-order valence-corrected chi connectivity index (χ0v) is 16.8. The third-order valence-corrected chi connectivity index (χ3v) is 5.58. The monoisotopic (exact) mass is 384 g/mol. The number of carbonyl (C=O) groups excluding carboxylic acids is 1. The van der Waals surface area contributed by atoms with Gasteiger partial charge in [0, 0.05) is 24.7 Å². The van der Waals surface area contributed by atoms with E-state index in [1.54, 1.807) is 11.0 Å². The minimum absolute atomic E-state index is 0. The lowest BCUT2D eigenvalue weighted by Crippen LogP contribution is -2.41. The summed E-state index contributed by atoms with van der Waals surface area (Å²) in [6, 6.07) is 4.63. The molecule has 1 atom stereocenters. The van der Waals surface area contributed by atoms with Gasteiger partial charge in [-0.25, -0.2) is 4.39 Å². The van der Waals surface area contributed by atoms with Crippen LogP contribution in [-0.2, 0) is 9.31 Å². The van der Waals surface area contributed by atoms with Gasteiger partial charge in [0.1, 0.15) is 5.82 Å². The number of halogens is 2. The van der Waals surface area contributed by atoms with Crippen LogP contribution in [-0.4, -0.2) is 55.3 Å². The number of nitrogens with zero attached hydrogens (tertiary/aromatic N) is 1. The van der Waals surface area contributed by atoms with Crippen molar-refractivity contribution in [1.82, 2.24) is 10.2 Å². The lowest BCUT2D eigenvalue weighted by molar-refractivity contribution is 0.00578. The average Bonchev–Trinajstić information content (AvgIpc) is 3.08. The topological polar surface area (TPSA) is 50.8 Å². The predicted molar refractivity (Wildman–Crippen MR) is 103 cm³/mol. The van der Waals surface area contributed by atoms with Crippen molar-refractivity contribution in [1.29, 1.82) is 0 Å². The van der Waals surface area contributed by atoms with Gasteiger partial charge in [-0.3, -0.25) is 4.79 Å². The quantitative estimate of drug-likeness (QED) is 0.810. The molecule has 2 fully saturated rings. The minimum atomic E-state index is -0.684. The Kier molecular flexibility index (Phi) is 6.08. The van der Waals surface area contributed by atoms with Crippen molar-refractivity contribution >= 4 is 30.9 Å². The molecule has 0 radical (unpaired) electrons. The highest BCUT2D eigenvalue weighted by Crippen LogP contribution is 2.36. The summed E-state index contributed by atoms with van der Waals surface area (Å²) in [5.74, 6) is -0.616. The van der Waals surface area contributed by atoms with Crippen molar-refractivity contribution in [2.24, 2.45) is 0 Å². The van der Waals surface area contributed by atoms with Crippen molar-refractivity contribution in [3.05, 3.63) is 29.6 Å². The molecule has 0 aromatic heterocycles. The molecule has 144 valence electrons. The number of rotatable bonds is 3. The Morgan fingerprint density at radius 1 is 1.23 bits per heavy atom. The fourth-order valence-electron chi connectivity index (χ4n) is 3.21. The summed E-state index contributed by atoms with van der Waals surface area (Å²) in [6.45, 7) is 9.09. The molecule has 1 aromatic rings. The third-order valence-electron chi connectivity index (χ3n) is 5.58. The number of hydrogen-bond donors (Lipinski definition) is 1. The molecule has 1 amide bonds. The molecule has 26 heavy (non-hydrogen) atoms. The molecular formula is C18H27BClFN2O3. The molecule has 2 saturated heterocycles. The fraction of sp³-hybridized carbons (Fsp3) is 0.611. The van der Waals surface area contributed by atoms with Gasteiger partial charge in [0.05, 0.1) is 11.2 Å². The van der Waals surface area contributed by atoms with E-state index in [9.17, 15) is 9.18 Å². The van der Waals surface area contributed by atoms with E-state index in [4.69, 9.17) is 9.31 Å². The minimum Gasteiger partial charge on any atom is -0.399 e. The highest BCUT2D eigenvalue weighted by atomic mass is 35.5. The molecule has 0 saturated carbocycles. The van der Waals surface area contributed by atoms with Gasteiger partial charge in [-0.2, -0.15) is 0 Å². The van der Waals surface area contributed by atoms with Crippen molar-refractivity contribution in [2.75, 3.05) is 20.1 Å². The lowest BCUT2D eigenvalue weighted by Gasteiger charge is -2.32. The van der Waals surface area contributed by atoms with Crippen LogP contribution in [0.15, 0.2) is 18.2 Å². The van der Waals surface area contributed by atoms with Gasteiger partial charge in [0.25, 0.3) is 5.91 Å². The first-order valence-electron chi connectivity index (χ1n) is 8.75. The van der Waals surface area contributed by atoms with Crippen LogP contribution in [0.1, 0.15) is 44.5 Å². The standard InChI is InChI=1S/C18H26BFN2O3.ClH/c1-17(2)18(3,4)25-19(24-17)13-8-12(9-14(20)10-13)16(23)22-7-6-15(11-22)21-5;/h8-10,15,21H,6-7,11H2,1-5H3;1H. The Balaban J connectivity index is 0.00000243. The maximum atomic E-state index is 14.2. The summed E-state index contributed by atoms with van der Waals surface area (Å²) in [7, 11) is 1.20. The first-order valence-corrected chi connectivity index (χ1v) is 8.75. The predicted octanol–water partition coefficient (Wildman–Crippen LogP) is 1.98. The Morgan fingerprint density at radius 2 is 1.85 bits per heavy atom. The van der Waals surface area contributed by atoms with E-state index in [1.807, 2.05) is 34.7 Å². The molecule has 0 aliphatic carbocycles. The second-order valence-corrected chi connectivity index (χ2v) is 7.89. The molecule has 2 aliphatic rings. The zero-order chi connectivity index (χ0) is 18.4. The maximum absolute atomic E-state index is 14.2. The van der Waals surface area contributed by atoms with Gasteiger partial charge in [-0.15, -0.1) is 12.4 Å². The van der Waals surface area contributed by atoms with E-state index < -0.39 is 24.1 Å². The molecule has 1 N–H and O–H groups in total. The third kappa shape index (κ3) is 3.91. The van der Waals surface area contributed by atoms with Gasteiger partial charge in [0.15, 0.2) is 0 Å². The SMILES string of the molecule is CNC1CCN(C(=O)c2cc(F)cc(B3OC(C)(C)C(C)(C)O3)c2)C1.Cl. The van der Waals surface area contributed by atoms with E-state index in [1.165, 1.54) is 12.1 Å². The van der Waals surface area contributed by atoms with Crippen LogP contribution in [0.25, 0.3) is 0 Å². The normalized spacial score (nSPS) is 23.8. The summed E-state index contributed by atoms with van der Waals surface area (Å²) in [6.07, 6.45) is 0.904. The molecular weight excluding hydrogens is 357 g/mol. The van der Waals surface area contributed by atoms with E-state index in [-0.39, 0.29) is 18.3 Å². The average molecular weight is 385 g/mol. The van der Waals surface area contributed by atoms with Crippen molar-refractivity contribution in [3.63, 3.8) is 0 Å². The van der Waals surface area contributed by atoms with Crippen molar-refractivity contribution < 1.29 is 18.5 Å². The first kappa shape index (κ1) is 21.2. The summed E-state index contributed by atoms with van der Waals surface area (Å²) in [4.78, 5) is 14.5. The maximum Gasteiger partial charge on any atom is 0.494 e. The number of carbonyl (C=O) groups is 1. The van der Waals surface area contributed by atoms with Gasteiger partial charge in [-0.1, -0.05) is 0 Å². The molecule has 1 unspecified atom stereocenters. The number of nitrogens with one attached hydrogen (secondary N) is 1. The molecule has 0 spiro atoms. The lowest BCUT2D eigenvalue weighted by atomic mass is 9.78. The van der Waals surface area contributed by atoms with E-state index in [0.29, 0.717) is 30.2 Å². The number of benzene rings is 1. The molecule has 2 aliphatic heterocycles. The summed E-state index contributed by atoms with van der Waals surface area (Å²) < 4.78 is 26.1. The molecule has 5 nitrogen and oxygen atoms in total. The van der Waals surface area contributed by atoms with E-state index in [0.717, 1.165) is 6.42 Å². The number of likely N-dealkylation sites (tertiary alicyclic amines) is 1. The van der Waals surface area contributed by atoms with Gasteiger partial charge < -0.3 is 19.5 Å². The molecule has 0 bridgehead atoms. The Hall–Kier alpha value is -1.15. The van der Waals surface area contributed by atoms with Crippen LogP contribution < -0.4 is 10.8 Å². The molecule has 8 heteroatoms. The van der Waals surface area contributed by atoms with Gasteiger partial charge >= 0.3 is 7.12 Å². The van der Waals surface area contributed by atoms with Crippen LogP contribution in [0.3, 0.4) is 0 Å². The van der Waals surface area contributed by atoms with Crippen LogP contribution in [0.5, 0.6) is 0 Å². The Labute approximate surface area is 161 Å². The van der Waals surface area contributed by atoms with Crippen LogP contribution in [0.2, 0.25) is 0 Å². The highest BCUT2D eigenvalue weighted by molar-refractivity contribution is 6.62.